The van der Waals surface area contributed by atoms with Crippen molar-refractivity contribution in [3.63, 3.8) is 0 Å². The fourth-order valence-corrected chi connectivity index (χ4v) is 3.15. The third-order valence-corrected chi connectivity index (χ3v) is 4.85. The Kier molecular flexibility index (Phi) is 6.02. The summed E-state index contributed by atoms with van der Waals surface area (Å²) < 4.78 is 2.18. The van der Waals surface area contributed by atoms with Crippen LogP contribution in [0.25, 0.3) is 11.0 Å². The molecule has 10 heteroatoms. The van der Waals surface area contributed by atoms with E-state index in [2.05, 4.69) is 15.6 Å². The molecule has 0 aliphatic heterocycles. The fourth-order valence-electron chi connectivity index (χ4n) is 2.89. The number of hydrogen-bond donors (Lipinski definition) is 2. The van der Waals surface area contributed by atoms with Crippen LogP contribution in [0.3, 0.4) is 0 Å². The lowest BCUT2D eigenvalue weighted by molar-refractivity contribution is 0.0953. The van der Waals surface area contributed by atoms with Crippen molar-refractivity contribution in [2.75, 3.05) is 11.9 Å². The number of amides is 2. The van der Waals surface area contributed by atoms with Gasteiger partial charge in [-0.3, -0.25) is 23.5 Å². The van der Waals surface area contributed by atoms with Gasteiger partial charge in [-0.2, -0.15) is 0 Å². The first-order valence-electron chi connectivity index (χ1n) is 9.20. The number of carbonyl (C=O) groups excluding carboxylic acids is 2. The summed E-state index contributed by atoms with van der Waals surface area (Å²) >= 11 is 6.18. The molecule has 0 radical (unpaired) electrons. The topological polar surface area (TPSA) is 115 Å². The molecule has 0 unspecified atom stereocenters. The van der Waals surface area contributed by atoms with Gasteiger partial charge in [0.1, 0.15) is 11.3 Å². The van der Waals surface area contributed by atoms with Gasteiger partial charge in [-0.1, -0.05) is 18.5 Å². The maximum absolute atomic E-state index is 12.6. The second kappa shape index (κ2) is 8.50. The molecule has 0 aliphatic rings. The molecule has 30 heavy (non-hydrogen) atoms. The number of anilines is 1. The molecule has 0 atom stereocenters. The first-order valence-corrected chi connectivity index (χ1v) is 9.58. The van der Waals surface area contributed by atoms with Crippen molar-refractivity contribution in [3.05, 3.63) is 67.4 Å². The second-order valence-corrected chi connectivity index (χ2v) is 7.09. The van der Waals surface area contributed by atoms with Crippen molar-refractivity contribution in [1.29, 1.82) is 0 Å². The van der Waals surface area contributed by atoms with Crippen LogP contribution in [0, 0.1) is 0 Å². The maximum Gasteiger partial charge on any atom is 0.332 e. The first-order chi connectivity index (χ1) is 14.2. The van der Waals surface area contributed by atoms with Crippen LogP contribution in [0.1, 0.15) is 34.2 Å². The molecule has 0 fully saturated rings. The lowest BCUT2D eigenvalue weighted by Gasteiger charge is -2.10. The second-order valence-electron chi connectivity index (χ2n) is 6.68. The van der Waals surface area contributed by atoms with Crippen LogP contribution in [-0.4, -0.2) is 32.5 Å². The van der Waals surface area contributed by atoms with E-state index in [1.165, 1.54) is 42.9 Å². The zero-order valence-corrected chi connectivity index (χ0v) is 17.4. The fraction of sp³-hybridized carbons (Fsp3) is 0.250. The Morgan fingerprint density at radius 3 is 2.47 bits per heavy atom. The van der Waals surface area contributed by atoms with Gasteiger partial charge in [0.05, 0.1) is 16.0 Å². The zero-order chi connectivity index (χ0) is 22.0. The Morgan fingerprint density at radius 2 is 1.80 bits per heavy atom. The summed E-state index contributed by atoms with van der Waals surface area (Å²) in [6, 6.07) is 7.39. The number of aryl methyl sites for hydroxylation is 1. The van der Waals surface area contributed by atoms with Crippen LogP contribution < -0.4 is 21.9 Å². The predicted molar refractivity (Wildman–Crippen MR) is 114 cm³/mol. The van der Waals surface area contributed by atoms with E-state index in [4.69, 9.17) is 11.6 Å². The van der Waals surface area contributed by atoms with Crippen molar-refractivity contribution in [2.24, 2.45) is 14.1 Å². The van der Waals surface area contributed by atoms with E-state index < -0.39 is 17.2 Å². The van der Waals surface area contributed by atoms with Gasteiger partial charge in [0.2, 0.25) is 0 Å². The normalized spacial score (nSPS) is 10.8. The highest BCUT2D eigenvalue weighted by Crippen LogP contribution is 2.21. The molecule has 3 aromatic rings. The molecule has 0 saturated carbocycles. The molecular formula is C20H20ClN5O4. The van der Waals surface area contributed by atoms with Crippen LogP contribution in [0.4, 0.5) is 5.69 Å². The molecule has 9 nitrogen and oxygen atoms in total. The van der Waals surface area contributed by atoms with Gasteiger partial charge < -0.3 is 10.6 Å². The summed E-state index contributed by atoms with van der Waals surface area (Å²) in [5.41, 5.74) is -0.226. The van der Waals surface area contributed by atoms with E-state index in [1.54, 1.807) is 6.07 Å². The summed E-state index contributed by atoms with van der Waals surface area (Å²) in [4.78, 5) is 53.2. The van der Waals surface area contributed by atoms with Crippen LogP contribution >= 0.6 is 11.6 Å². The Balaban J connectivity index is 1.88. The van der Waals surface area contributed by atoms with Gasteiger partial charge in [-0.05, 0) is 36.8 Å². The summed E-state index contributed by atoms with van der Waals surface area (Å²) in [7, 11) is 2.85. The predicted octanol–water partition coefficient (Wildman–Crippen LogP) is 1.68. The van der Waals surface area contributed by atoms with Crippen molar-refractivity contribution < 1.29 is 9.59 Å². The summed E-state index contributed by atoms with van der Waals surface area (Å²) in [5, 5.41) is 5.80. The van der Waals surface area contributed by atoms with Gasteiger partial charge in [0.15, 0.2) is 0 Å². The molecular weight excluding hydrogens is 410 g/mol. The quantitative estimate of drug-likeness (QED) is 0.640. The molecule has 2 aromatic heterocycles. The van der Waals surface area contributed by atoms with Crippen molar-refractivity contribution in [1.82, 2.24) is 19.4 Å². The molecule has 1 aromatic carbocycles. The molecule has 2 heterocycles. The minimum Gasteiger partial charge on any atom is -0.352 e. The Morgan fingerprint density at radius 1 is 1.07 bits per heavy atom. The number of nitrogens with zero attached hydrogens (tertiary/aromatic N) is 3. The minimum absolute atomic E-state index is 0.0200. The standard InChI is InChI=1S/C20H20ClN5O4/c1-4-9-22-17(27)12-6-5-11(10-14(12)21)23-18(28)15-8-7-13-16(24-15)25(2)20(30)26(3)19(13)29/h5-8,10H,4,9H2,1-3H3,(H,22,27)(H,23,28). The highest BCUT2D eigenvalue weighted by Gasteiger charge is 2.15. The van der Waals surface area contributed by atoms with Crippen LogP contribution in [0.2, 0.25) is 5.02 Å². The molecule has 0 spiro atoms. The van der Waals surface area contributed by atoms with E-state index in [-0.39, 0.29) is 27.7 Å². The smallest absolute Gasteiger partial charge is 0.332 e. The summed E-state index contributed by atoms with van der Waals surface area (Å²) in [6.07, 6.45) is 0.800. The van der Waals surface area contributed by atoms with Gasteiger partial charge in [0.25, 0.3) is 17.4 Å². The largest absolute Gasteiger partial charge is 0.352 e. The number of carbonyl (C=O) groups is 2. The third-order valence-electron chi connectivity index (χ3n) is 4.54. The van der Waals surface area contributed by atoms with E-state index in [1.807, 2.05) is 6.92 Å². The molecule has 156 valence electrons. The van der Waals surface area contributed by atoms with Crippen molar-refractivity contribution in [2.45, 2.75) is 13.3 Å². The van der Waals surface area contributed by atoms with Gasteiger partial charge >= 0.3 is 5.69 Å². The molecule has 0 saturated heterocycles. The maximum atomic E-state index is 12.6. The third kappa shape index (κ3) is 3.97. The summed E-state index contributed by atoms with van der Waals surface area (Å²) in [5.74, 6) is -0.845. The SMILES string of the molecule is CCCNC(=O)c1ccc(NC(=O)c2ccc3c(=O)n(C)c(=O)n(C)c3n2)cc1Cl. The van der Waals surface area contributed by atoms with Crippen LogP contribution in [-0.2, 0) is 14.1 Å². The van der Waals surface area contributed by atoms with E-state index in [0.29, 0.717) is 17.8 Å². The Labute approximate surface area is 176 Å². The van der Waals surface area contributed by atoms with Crippen LogP contribution in [0.15, 0.2) is 39.9 Å². The number of halogens is 1. The molecule has 0 aliphatic carbocycles. The van der Waals surface area contributed by atoms with Crippen molar-refractivity contribution >= 4 is 40.1 Å². The number of rotatable bonds is 5. The van der Waals surface area contributed by atoms with Gasteiger partial charge in [-0.15, -0.1) is 0 Å². The minimum atomic E-state index is -0.552. The molecule has 2 N–H and O–H groups in total. The van der Waals surface area contributed by atoms with Gasteiger partial charge in [0, 0.05) is 26.3 Å². The lowest BCUT2D eigenvalue weighted by Crippen LogP contribution is -2.37. The Bertz CT molecular complexity index is 1280. The van der Waals surface area contributed by atoms with Crippen LogP contribution in [0.5, 0.6) is 0 Å². The van der Waals surface area contributed by atoms with Gasteiger partial charge in [-0.25, -0.2) is 9.78 Å². The first kappa shape index (κ1) is 21.3. The molecule has 2 amide bonds. The number of hydrogen-bond acceptors (Lipinski definition) is 5. The number of pyridine rings is 1. The van der Waals surface area contributed by atoms with E-state index in [0.717, 1.165) is 11.0 Å². The monoisotopic (exact) mass is 429 g/mol. The highest BCUT2D eigenvalue weighted by atomic mass is 35.5. The number of benzene rings is 1. The number of fused-ring (bicyclic) bond motifs is 1. The van der Waals surface area contributed by atoms with E-state index >= 15 is 0 Å². The molecule has 3 rings (SSSR count). The lowest BCUT2D eigenvalue weighted by atomic mass is 10.2. The Hall–Kier alpha value is -3.46. The molecule has 0 bridgehead atoms. The average molecular weight is 430 g/mol. The summed E-state index contributed by atoms with van der Waals surface area (Å²) in [6.45, 7) is 2.48. The zero-order valence-electron chi connectivity index (χ0n) is 16.7. The van der Waals surface area contributed by atoms with E-state index in [9.17, 15) is 19.2 Å². The number of nitrogens with one attached hydrogen (secondary N) is 2. The average Bonchev–Trinajstić information content (AvgIpc) is 2.74. The highest BCUT2D eigenvalue weighted by molar-refractivity contribution is 6.34. The van der Waals surface area contributed by atoms with Crippen molar-refractivity contribution in [3.8, 4) is 0 Å². The number of aromatic nitrogens is 3.